The van der Waals surface area contributed by atoms with Gasteiger partial charge in [-0.1, -0.05) is 19.9 Å². The molecule has 0 fully saturated rings. The Kier molecular flexibility index (Phi) is 7.77. The number of anilines is 1. The first-order valence-corrected chi connectivity index (χ1v) is 7.81. The number of hydrogen-bond acceptors (Lipinski definition) is 5. The van der Waals surface area contributed by atoms with Gasteiger partial charge in [0.05, 0.1) is 11.3 Å². The zero-order valence-electron chi connectivity index (χ0n) is 14.5. The van der Waals surface area contributed by atoms with Gasteiger partial charge in [-0.15, -0.1) is 0 Å². The summed E-state index contributed by atoms with van der Waals surface area (Å²) in [5, 5.41) is 10.5. The van der Waals surface area contributed by atoms with Gasteiger partial charge in [0.15, 0.2) is 0 Å². The van der Waals surface area contributed by atoms with Crippen LogP contribution < -0.4 is 11.1 Å². The highest BCUT2D eigenvalue weighted by atomic mass is 19.4. The number of allylic oxidation sites excluding steroid dienone is 2. The maximum absolute atomic E-state index is 12.7. The maximum Gasteiger partial charge on any atom is 0.416 e. The molecular formula is C18H21F3N4O. The number of alkyl halides is 3. The fourth-order valence-electron chi connectivity index (χ4n) is 1.80. The number of ketones is 1. The van der Waals surface area contributed by atoms with Gasteiger partial charge in [-0.05, 0) is 36.4 Å². The van der Waals surface area contributed by atoms with Crippen LogP contribution in [-0.4, -0.2) is 23.8 Å². The third-order valence-electron chi connectivity index (χ3n) is 3.06. The van der Waals surface area contributed by atoms with Crippen molar-refractivity contribution in [2.75, 3.05) is 11.9 Å². The molecule has 0 heterocycles. The van der Waals surface area contributed by atoms with Crippen molar-refractivity contribution in [2.24, 2.45) is 16.6 Å². The Morgan fingerprint density at radius 3 is 2.62 bits per heavy atom. The molecule has 0 aliphatic heterocycles. The second kappa shape index (κ2) is 9.55. The SMILES string of the molecule is CC(C)CN=C(C=CN)C(=N)C(=O)/C=C\Nc1cccc(C(F)(F)F)c1. The minimum absolute atomic E-state index is 0.148. The zero-order chi connectivity index (χ0) is 19.7. The molecule has 1 rings (SSSR count). The molecule has 5 nitrogen and oxygen atoms in total. The molecule has 0 saturated carbocycles. The van der Waals surface area contributed by atoms with Crippen LogP contribution >= 0.6 is 0 Å². The number of carbonyl (C=O) groups excluding carboxylic acids is 1. The van der Waals surface area contributed by atoms with E-state index in [2.05, 4.69) is 10.3 Å². The van der Waals surface area contributed by atoms with Gasteiger partial charge >= 0.3 is 6.18 Å². The summed E-state index contributed by atoms with van der Waals surface area (Å²) in [7, 11) is 0. The normalized spacial score (nSPS) is 12.9. The molecule has 0 unspecified atom stereocenters. The standard InChI is InChI=1S/C18H21F3N4O/c1-12(2)11-25-15(6-8-22)17(23)16(26)7-9-24-14-5-3-4-13(10-14)18(19,20)21/h3-10,12,23-24H,11,22H2,1-2H3/b8-6?,9-7-,23-17?,25-15?. The Bertz CT molecular complexity index is 734. The third kappa shape index (κ3) is 6.92. The van der Waals surface area contributed by atoms with Crippen LogP contribution in [0.2, 0.25) is 0 Å². The molecule has 0 spiro atoms. The molecule has 4 N–H and O–H groups in total. The van der Waals surface area contributed by atoms with Crippen LogP contribution in [0.3, 0.4) is 0 Å². The molecule has 1 aromatic rings. The van der Waals surface area contributed by atoms with Crippen molar-refractivity contribution in [3.05, 3.63) is 54.4 Å². The molecule has 8 heteroatoms. The molecule has 0 aliphatic carbocycles. The van der Waals surface area contributed by atoms with Gasteiger partial charge < -0.3 is 11.1 Å². The monoisotopic (exact) mass is 366 g/mol. The third-order valence-corrected chi connectivity index (χ3v) is 3.06. The van der Waals surface area contributed by atoms with Gasteiger partial charge in [0.2, 0.25) is 5.78 Å². The van der Waals surface area contributed by atoms with Gasteiger partial charge in [-0.25, -0.2) is 0 Å². The lowest BCUT2D eigenvalue weighted by Crippen LogP contribution is -2.21. The summed E-state index contributed by atoms with van der Waals surface area (Å²) in [6.45, 7) is 4.32. The van der Waals surface area contributed by atoms with Gasteiger partial charge in [-0.3, -0.25) is 15.2 Å². The average Bonchev–Trinajstić information content (AvgIpc) is 2.57. The molecular weight excluding hydrogens is 345 g/mol. The summed E-state index contributed by atoms with van der Waals surface area (Å²) in [5.74, 6) is -0.401. The lowest BCUT2D eigenvalue weighted by atomic mass is 10.1. The fourth-order valence-corrected chi connectivity index (χ4v) is 1.80. The first-order valence-electron chi connectivity index (χ1n) is 7.81. The maximum atomic E-state index is 12.7. The minimum Gasteiger partial charge on any atom is -0.405 e. The van der Waals surface area contributed by atoms with E-state index in [4.69, 9.17) is 11.1 Å². The highest BCUT2D eigenvalue weighted by molar-refractivity contribution is 6.70. The number of nitrogens with one attached hydrogen (secondary N) is 2. The predicted octanol–water partition coefficient (Wildman–Crippen LogP) is 3.79. The van der Waals surface area contributed by atoms with E-state index in [1.165, 1.54) is 30.6 Å². The number of rotatable bonds is 8. The van der Waals surface area contributed by atoms with Crippen LogP contribution in [0, 0.1) is 11.3 Å². The highest BCUT2D eigenvalue weighted by Gasteiger charge is 2.30. The van der Waals surface area contributed by atoms with E-state index < -0.39 is 17.5 Å². The van der Waals surface area contributed by atoms with E-state index in [1.807, 2.05) is 13.8 Å². The largest absolute Gasteiger partial charge is 0.416 e. The van der Waals surface area contributed by atoms with Crippen LogP contribution in [0.25, 0.3) is 0 Å². The van der Waals surface area contributed by atoms with Gasteiger partial charge in [-0.2, -0.15) is 13.2 Å². The molecule has 0 aliphatic rings. The van der Waals surface area contributed by atoms with Crippen LogP contribution in [0.5, 0.6) is 0 Å². The Balaban J connectivity index is 2.80. The van der Waals surface area contributed by atoms with Crippen LogP contribution in [0.4, 0.5) is 18.9 Å². The number of nitrogens with two attached hydrogens (primary N) is 1. The van der Waals surface area contributed by atoms with E-state index in [0.29, 0.717) is 6.54 Å². The molecule has 0 atom stereocenters. The van der Waals surface area contributed by atoms with Crippen LogP contribution in [0.15, 0.2) is 53.8 Å². The minimum atomic E-state index is -4.45. The second-order valence-corrected chi connectivity index (χ2v) is 5.77. The van der Waals surface area contributed by atoms with Crippen molar-refractivity contribution in [1.82, 2.24) is 0 Å². The lowest BCUT2D eigenvalue weighted by molar-refractivity contribution is -0.137. The Morgan fingerprint density at radius 1 is 1.35 bits per heavy atom. The number of nitrogens with zero attached hydrogens (tertiary/aromatic N) is 1. The molecule has 1 aromatic carbocycles. The number of halogens is 3. The summed E-state index contributed by atoms with van der Waals surface area (Å²) in [5.41, 5.74) is 4.48. The number of carbonyl (C=O) groups is 1. The Labute approximate surface area is 150 Å². The van der Waals surface area contributed by atoms with Crippen LogP contribution in [-0.2, 0) is 11.0 Å². The van der Waals surface area contributed by atoms with Gasteiger partial charge in [0.1, 0.15) is 5.71 Å². The van der Waals surface area contributed by atoms with E-state index in [-0.39, 0.29) is 23.0 Å². The molecule has 0 bridgehead atoms. The number of benzene rings is 1. The Morgan fingerprint density at radius 2 is 2.04 bits per heavy atom. The van der Waals surface area contributed by atoms with E-state index >= 15 is 0 Å². The molecule has 0 aromatic heterocycles. The topological polar surface area (TPSA) is 91.3 Å². The lowest BCUT2D eigenvalue weighted by Gasteiger charge is -2.08. The summed E-state index contributed by atoms with van der Waals surface area (Å²) in [6, 6.07) is 4.56. The summed E-state index contributed by atoms with van der Waals surface area (Å²) in [4.78, 5) is 16.2. The van der Waals surface area contributed by atoms with Crippen LogP contribution in [0.1, 0.15) is 19.4 Å². The average molecular weight is 366 g/mol. The smallest absolute Gasteiger partial charge is 0.405 e. The van der Waals surface area contributed by atoms with Gasteiger partial charge in [0.25, 0.3) is 0 Å². The quantitative estimate of drug-likeness (QED) is 0.483. The zero-order valence-corrected chi connectivity index (χ0v) is 14.5. The first kappa shape index (κ1) is 21.1. The number of hydrogen-bond donors (Lipinski definition) is 3. The Hall–Kier alpha value is -2.90. The molecule has 0 radical (unpaired) electrons. The first-order chi connectivity index (χ1) is 12.1. The molecule has 0 amide bonds. The molecule has 0 saturated heterocycles. The predicted molar refractivity (Wildman–Crippen MR) is 97.4 cm³/mol. The summed E-state index contributed by atoms with van der Waals surface area (Å²) in [6.07, 6.45) is 0.328. The highest BCUT2D eigenvalue weighted by Crippen LogP contribution is 2.30. The van der Waals surface area contributed by atoms with Crippen molar-refractivity contribution < 1.29 is 18.0 Å². The van der Waals surface area contributed by atoms with Crippen molar-refractivity contribution in [3.8, 4) is 0 Å². The van der Waals surface area contributed by atoms with E-state index in [9.17, 15) is 18.0 Å². The summed E-state index contributed by atoms with van der Waals surface area (Å²) < 4.78 is 38.0. The second-order valence-electron chi connectivity index (χ2n) is 5.77. The van der Waals surface area contributed by atoms with Crippen molar-refractivity contribution >= 4 is 22.9 Å². The summed E-state index contributed by atoms with van der Waals surface area (Å²) >= 11 is 0. The van der Waals surface area contributed by atoms with E-state index in [1.54, 1.807) is 0 Å². The van der Waals surface area contributed by atoms with Crippen molar-refractivity contribution in [1.29, 1.82) is 5.41 Å². The molecule has 26 heavy (non-hydrogen) atoms. The van der Waals surface area contributed by atoms with Crippen molar-refractivity contribution in [2.45, 2.75) is 20.0 Å². The molecule has 140 valence electrons. The van der Waals surface area contributed by atoms with Gasteiger partial charge in [0, 0.05) is 24.5 Å². The fraction of sp³-hybridized carbons (Fsp3) is 0.278. The van der Waals surface area contributed by atoms with Crippen molar-refractivity contribution in [3.63, 3.8) is 0 Å². The van der Waals surface area contributed by atoms with E-state index in [0.717, 1.165) is 18.2 Å². The number of aliphatic imine (C=N–C) groups is 1.